The van der Waals surface area contributed by atoms with E-state index in [1.807, 2.05) is 36.6 Å². The molecule has 1 aliphatic carbocycles. The molecular weight excluding hydrogens is 499 g/mol. The van der Waals surface area contributed by atoms with Gasteiger partial charge >= 0.3 is 0 Å². The third-order valence-corrected chi connectivity index (χ3v) is 11.1. The lowest BCUT2D eigenvalue weighted by atomic mass is 10.1. The number of hydrogen-bond donors (Lipinski definition) is 0. The number of nitrogens with zero attached hydrogens (tertiary/aromatic N) is 3. The van der Waals surface area contributed by atoms with Crippen LogP contribution in [-0.2, 0) is 30.7 Å². The maximum atomic E-state index is 12.9. The van der Waals surface area contributed by atoms with Gasteiger partial charge in [-0.2, -0.15) is 0 Å². The Morgan fingerprint density at radius 2 is 1.88 bits per heavy atom. The number of para-hydroxylation sites is 1. The van der Waals surface area contributed by atoms with E-state index >= 15 is 0 Å². The van der Waals surface area contributed by atoms with E-state index in [1.54, 1.807) is 5.38 Å². The highest BCUT2D eigenvalue weighted by molar-refractivity contribution is 7.92. The smallest absolute Gasteiger partial charge is 0.211 e. The molecule has 0 radical (unpaired) electrons. The molecule has 4 heterocycles. The second-order valence-electron chi connectivity index (χ2n) is 8.63. The molecule has 0 amide bonds. The summed E-state index contributed by atoms with van der Waals surface area (Å²) in [7, 11) is -3.58. The van der Waals surface area contributed by atoms with E-state index < -0.39 is 21.2 Å². The summed E-state index contributed by atoms with van der Waals surface area (Å²) in [6.07, 6.45) is 4.11. The maximum Gasteiger partial charge on any atom is 0.211 e. The quantitative estimate of drug-likeness (QED) is 0.349. The predicted octanol–water partition coefficient (Wildman–Crippen LogP) is 5.38. The van der Waals surface area contributed by atoms with Crippen LogP contribution in [0.4, 0.5) is 0 Å². The summed E-state index contributed by atoms with van der Waals surface area (Å²) >= 11 is 4.12. The summed E-state index contributed by atoms with van der Waals surface area (Å²) in [5.74, 6) is -0.637. The van der Waals surface area contributed by atoms with Gasteiger partial charge in [0.05, 0.1) is 22.5 Å². The van der Waals surface area contributed by atoms with Crippen LogP contribution >= 0.6 is 34.0 Å². The number of thiazole rings is 3. The molecule has 0 bridgehead atoms. The Bertz CT molecular complexity index is 1400. The van der Waals surface area contributed by atoms with Crippen molar-refractivity contribution in [3.8, 4) is 10.7 Å². The minimum absolute atomic E-state index is 0.126. The number of sulfone groups is 1. The van der Waals surface area contributed by atoms with Crippen molar-refractivity contribution in [1.82, 2.24) is 15.0 Å². The summed E-state index contributed by atoms with van der Waals surface area (Å²) in [6, 6.07) is 7.42. The van der Waals surface area contributed by atoms with Gasteiger partial charge < -0.3 is 9.47 Å². The van der Waals surface area contributed by atoms with E-state index in [1.165, 1.54) is 34.0 Å². The van der Waals surface area contributed by atoms with Crippen LogP contribution in [0.15, 0.2) is 39.4 Å². The number of fused-ring (bicyclic) bond motifs is 1. The van der Waals surface area contributed by atoms with Gasteiger partial charge in [0, 0.05) is 23.6 Å². The van der Waals surface area contributed by atoms with E-state index in [-0.39, 0.29) is 10.1 Å². The van der Waals surface area contributed by atoms with E-state index in [4.69, 9.17) is 14.5 Å². The standard InChI is InChI=1S/C22H21N3O4S4/c1-21(13-28-22(29-21)8-4-5-9-22)19-24-16(11-31-19)18-23-14(10-30-18)12-33(26,27)20-25-15-6-2-3-7-17(15)32-20/h2-3,6-7,10-11H,4-5,8-9,12-13H2,1H3/t21-/m0/s1. The molecule has 1 atom stereocenters. The van der Waals surface area contributed by atoms with Crippen molar-refractivity contribution in [3.63, 3.8) is 0 Å². The van der Waals surface area contributed by atoms with Crippen LogP contribution in [0.1, 0.15) is 43.3 Å². The van der Waals surface area contributed by atoms with Crippen LogP contribution in [0.3, 0.4) is 0 Å². The second kappa shape index (κ2) is 7.89. The Balaban J connectivity index is 1.21. The average Bonchev–Trinajstić information content (AvgIpc) is 3.60. The Morgan fingerprint density at radius 3 is 2.70 bits per heavy atom. The highest BCUT2D eigenvalue weighted by Crippen LogP contribution is 2.47. The van der Waals surface area contributed by atoms with Crippen LogP contribution in [0.2, 0.25) is 0 Å². The molecule has 1 aromatic carbocycles. The van der Waals surface area contributed by atoms with E-state index in [0.29, 0.717) is 22.8 Å². The zero-order valence-electron chi connectivity index (χ0n) is 17.8. The second-order valence-corrected chi connectivity index (χ2v) is 13.5. The molecule has 6 rings (SSSR count). The molecule has 7 nitrogen and oxygen atoms in total. The van der Waals surface area contributed by atoms with E-state index in [2.05, 4.69) is 9.97 Å². The third kappa shape index (κ3) is 3.94. The summed E-state index contributed by atoms with van der Waals surface area (Å²) in [6.45, 7) is 2.52. The van der Waals surface area contributed by atoms with Crippen molar-refractivity contribution in [1.29, 1.82) is 0 Å². The normalized spacial score (nSPS) is 22.6. The molecule has 0 unspecified atom stereocenters. The molecule has 1 saturated heterocycles. The van der Waals surface area contributed by atoms with Gasteiger partial charge in [-0.05, 0) is 31.9 Å². The first kappa shape index (κ1) is 21.8. The van der Waals surface area contributed by atoms with Gasteiger partial charge in [-0.3, -0.25) is 0 Å². The van der Waals surface area contributed by atoms with Crippen LogP contribution in [0.25, 0.3) is 20.9 Å². The van der Waals surface area contributed by atoms with Crippen molar-refractivity contribution in [2.45, 2.75) is 54.1 Å². The van der Waals surface area contributed by atoms with Crippen molar-refractivity contribution >= 4 is 54.1 Å². The Kier molecular flexibility index (Phi) is 5.20. The lowest BCUT2D eigenvalue weighted by molar-refractivity contribution is -0.180. The van der Waals surface area contributed by atoms with Gasteiger partial charge in [-0.1, -0.05) is 12.1 Å². The molecule has 4 aromatic rings. The van der Waals surface area contributed by atoms with Gasteiger partial charge in [-0.25, -0.2) is 23.4 Å². The van der Waals surface area contributed by atoms with Crippen LogP contribution in [-0.4, -0.2) is 35.8 Å². The third-order valence-electron chi connectivity index (χ3n) is 5.99. The van der Waals surface area contributed by atoms with Crippen molar-refractivity contribution in [2.75, 3.05) is 6.61 Å². The number of rotatable bonds is 5. The molecule has 2 aliphatic rings. The van der Waals surface area contributed by atoms with Crippen LogP contribution in [0.5, 0.6) is 0 Å². The molecule has 3 aromatic heterocycles. The van der Waals surface area contributed by atoms with Gasteiger partial charge in [0.1, 0.15) is 27.1 Å². The van der Waals surface area contributed by atoms with Gasteiger partial charge in [0.25, 0.3) is 0 Å². The lowest BCUT2D eigenvalue weighted by Gasteiger charge is -2.25. The summed E-state index contributed by atoms with van der Waals surface area (Å²) in [5, 5.41) is 5.29. The number of hydrogen-bond acceptors (Lipinski definition) is 10. The topological polar surface area (TPSA) is 91.3 Å². The van der Waals surface area contributed by atoms with Crippen molar-refractivity contribution < 1.29 is 17.9 Å². The average molecular weight is 520 g/mol. The molecule has 1 aliphatic heterocycles. The highest BCUT2D eigenvalue weighted by atomic mass is 32.2. The molecule has 2 fully saturated rings. The fourth-order valence-electron chi connectivity index (χ4n) is 4.35. The molecular formula is C22H21N3O4S4. The van der Waals surface area contributed by atoms with Crippen LogP contribution < -0.4 is 0 Å². The molecule has 33 heavy (non-hydrogen) atoms. The molecule has 1 saturated carbocycles. The van der Waals surface area contributed by atoms with Gasteiger partial charge in [0.2, 0.25) is 14.2 Å². The Labute approximate surface area is 203 Å². The van der Waals surface area contributed by atoms with Crippen molar-refractivity contribution in [3.05, 3.63) is 45.7 Å². The van der Waals surface area contributed by atoms with E-state index in [9.17, 15) is 8.42 Å². The first-order valence-electron chi connectivity index (χ1n) is 10.7. The maximum absolute atomic E-state index is 12.9. The highest BCUT2D eigenvalue weighted by Gasteiger charge is 2.51. The summed E-state index contributed by atoms with van der Waals surface area (Å²) in [5.41, 5.74) is 1.37. The predicted molar refractivity (Wildman–Crippen MR) is 129 cm³/mol. The largest absolute Gasteiger partial charge is 0.346 e. The lowest BCUT2D eigenvalue weighted by Crippen LogP contribution is -2.30. The number of aromatic nitrogens is 3. The summed E-state index contributed by atoms with van der Waals surface area (Å²) < 4.78 is 39.3. The zero-order chi connectivity index (χ0) is 22.7. The number of ether oxygens (including phenoxy) is 2. The fourth-order valence-corrected chi connectivity index (χ4v) is 8.75. The molecule has 11 heteroatoms. The molecule has 172 valence electrons. The van der Waals surface area contributed by atoms with Crippen molar-refractivity contribution in [2.24, 2.45) is 0 Å². The zero-order valence-corrected chi connectivity index (χ0v) is 21.1. The minimum Gasteiger partial charge on any atom is -0.346 e. The number of benzene rings is 1. The first-order valence-corrected chi connectivity index (χ1v) is 14.9. The van der Waals surface area contributed by atoms with Gasteiger partial charge in [-0.15, -0.1) is 34.0 Å². The monoisotopic (exact) mass is 519 g/mol. The van der Waals surface area contributed by atoms with Crippen LogP contribution in [0, 0.1) is 0 Å². The molecule has 1 spiro atoms. The van der Waals surface area contributed by atoms with Gasteiger partial charge in [0.15, 0.2) is 5.79 Å². The summed E-state index contributed by atoms with van der Waals surface area (Å²) in [4.78, 5) is 13.7. The Morgan fingerprint density at radius 1 is 1.06 bits per heavy atom. The van der Waals surface area contributed by atoms with E-state index in [0.717, 1.165) is 41.1 Å². The molecule has 0 N–H and O–H groups in total. The Hall–Kier alpha value is -1.76. The first-order chi connectivity index (χ1) is 15.8. The fraction of sp³-hybridized carbons (Fsp3) is 0.409. The SMILES string of the molecule is C[C@@]1(c2nc(-c3nc(CS(=O)(=O)c4nc5ccccc5s4)cs3)cs2)COC2(CCCC2)O1. The minimum atomic E-state index is -3.58.